The van der Waals surface area contributed by atoms with Crippen molar-refractivity contribution in [3.8, 4) is 0 Å². The Morgan fingerprint density at radius 1 is 1.33 bits per heavy atom. The van der Waals surface area contributed by atoms with Gasteiger partial charge in [0.25, 0.3) is 0 Å². The third-order valence-corrected chi connectivity index (χ3v) is 4.81. The molecular weight excluding hydrogens is 510 g/mol. The molecule has 6 nitrogen and oxygen atoms in total. The molecule has 1 aromatic heterocycles. The number of ether oxygens (including phenoxy) is 1. The molecule has 10 heteroatoms. The average Bonchev–Trinajstić information content (AvgIpc) is 3.07. The third-order valence-electron chi connectivity index (χ3n) is 4.81. The highest BCUT2D eigenvalue weighted by Gasteiger charge is 2.37. The Labute approximate surface area is 191 Å². The first-order valence-electron chi connectivity index (χ1n) is 9.59. The smallest absolute Gasteiger partial charge is 0.370 e. The maximum absolute atomic E-state index is 13.2. The fourth-order valence-corrected chi connectivity index (χ4v) is 3.46. The number of morpholine rings is 1. The molecule has 0 saturated carbocycles. The highest BCUT2D eigenvalue weighted by molar-refractivity contribution is 14.0. The summed E-state index contributed by atoms with van der Waals surface area (Å²) in [7, 11) is 1.47. The molecule has 166 valence electrons. The fourth-order valence-electron chi connectivity index (χ4n) is 3.46. The zero-order valence-electron chi connectivity index (χ0n) is 17.2. The van der Waals surface area contributed by atoms with E-state index in [0.717, 1.165) is 11.1 Å². The molecule has 1 aliphatic heterocycles. The van der Waals surface area contributed by atoms with E-state index in [1.807, 2.05) is 43.0 Å². The van der Waals surface area contributed by atoms with Gasteiger partial charge < -0.3 is 15.0 Å². The van der Waals surface area contributed by atoms with Crippen molar-refractivity contribution in [2.24, 2.45) is 12.0 Å². The summed E-state index contributed by atoms with van der Waals surface area (Å²) >= 11 is 0. The quantitative estimate of drug-likeness (QED) is 0.366. The van der Waals surface area contributed by atoms with Crippen LogP contribution in [0, 0.1) is 6.92 Å². The van der Waals surface area contributed by atoms with Crippen LogP contribution in [0.3, 0.4) is 0 Å². The van der Waals surface area contributed by atoms with Crippen molar-refractivity contribution < 1.29 is 17.9 Å². The maximum Gasteiger partial charge on any atom is 0.435 e. The second kappa shape index (κ2) is 10.5. The number of hydrogen-bond acceptors (Lipinski definition) is 3. The van der Waals surface area contributed by atoms with Crippen molar-refractivity contribution in [3.05, 3.63) is 52.8 Å². The van der Waals surface area contributed by atoms with Crippen LogP contribution in [0.25, 0.3) is 0 Å². The molecule has 1 atom stereocenters. The van der Waals surface area contributed by atoms with E-state index in [1.165, 1.54) is 17.9 Å². The summed E-state index contributed by atoms with van der Waals surface area (Å²) in [5.41, 5.74) is 1.42. The molecule has 2 aromatic rings. The molecule has 1 saturated heterocycles. The number of aliphatic imine (C=N–C) groups is 1. The van der Waals surface area contributed by atoms with Crippen LogP contribution in [0.5, 0.6) is 0 Å². The fraction of sp³-hybridized carbons (Fsp3) is 0.500. The van der Waals surface area contributed by atoms with Gasteiger partial charge in [-0.1, -0.05) is 24.3 Å². The molecular formula is C20H27F3IN5O. The van der Waals surface area contributed by atoms with E-state index in [-0.39, 0.29) is 42.2 Å². The average molecular weight is 537 g/mol. The van der Waals surface area contributed by atoms with Crippen LogP contribution in [0.4, 0.5) is 13.2 Å². The van der Waals surface area contributed by atoms with Gasteiger partial charge in [-0.15, -0.1) is 24.0 Å². The van der Waals surface area contributed by atoms with Crippen LogP contribution in [0.2, 0.25) is 0 Å². The molecule has 1 aliphatic rings. The molecule has 3 rings (SSSR count). The molecule has 1 unspecified atom stereocenters. The number of rotatable bonds is 4. The number of aryl methyl sites for hydroxylation is 2. The lowest BCUT2D eigenvalue weighted by atomic mass is 10.0. The van der Waals surface area contributed by atoms with Crippen LogP contribution in [-0.4, -0.2) is 46.9 Å². The Bertz CT molecular complexity index is 868. The van der Waals surface area contributed by atoms with E-state index in [9.17, 15) is 13.2 Å². The van der Waals surface area contributed by atoms with Gasteiger partial charge in [0.15, 0.2) is 11.7 Å². The summed E-state index contributed by atoms with van der Waals surface area (Å²) in [5, 5.41) is 6.73. The van der Waals surface area contributed by atoms with Crippen LogP contribution < -0.4 is 5.32 Å². The number of halogens is 4. The van der Waals surface area contributed by atoms with E-state index in [2.05, 4.69) is 15.4 Å². The zero-order chi connectivity index (χ0) is 21.0. The Morgan fingerprint density at radius 3 is 2.73 bits per heavy atom. The molecule has 1 fully saturated rings. The number of alkyl halides is 3. The highest BCUT2D eigenvalue weighted by atomic mass is 127. The minimum absolute atomic E-state index is 0. The molecule has 30 heavy (non-hydrogen) atoms. The molecule has 2 heterocycles. The topological polar surface area (TPSA) is 54.7 Å². The van der Waals surface area contributed by atoms with E-state index in [1.54, 1.807) is 0 Å². The first kappa shape index (κ1) is 24.4. The van der Waals surface area contributed by atoms with Gasteiger partial charge >= 0.3 is 6.18 Å². The monoisotopic (exact) mass is 537 g/mol. The SMILES string of the molecule is CCNC(=NCc1cn(C)nc1C(F)(F)F)N1CCOC(c2ccccc2C)C1.I. The van der Waals surface area contributed by atoms with E-state index >= 15 is 0 Å². The molecule has 0 radical (unpaired) electrons. The number of hydrogen-bond donors (Lipinski definition) is 1. The van der Waals surface area contributed by atoms with Crippen LogP contribution >= 0.6 is 24.0 Å². The zero-order valence-corrected chi connectivity index (χ0v) is 19.6. The van der Waals surface area contributed by atoms with Gasteiger partial charge in [-0.2, -0.15) is 18.3 Å². The summed E-state index contributed by atoms with van der Waals surface area (Å²) in [6, 6.07) is 8.04. The molecule has 0 aliphatic carbocycles. The van der Waals surface area contributed by atoms with Crippen molar-refractivity contribution in [1.29, 1.82) is 0 Å². The molecule has 0 spiro atoms. The standard InChI is InChI=1S/C20H26F3N5O.HI/c1-4-24-19(25-11-15-12-27(3)26-18(15)20(21,22)23)28-9-10-29-17(13-28)16-8-6-5-7-14(16)2;/h5-8,12,17H,4,9-11,13H2,1-3H3,(H,24,25);1H. The highest BCUT2D eigenvalue weighted by Crippen LogP contribution is 2.31. The van der Waals surface area contributed by atoms with Crippen LogP contribution in [0.15, 0.2) is 35.5 Å². The Hall–Kier alpha value is -1.82. The van der Waals surface area contributed by atoms with Crippen LogP contribution in [-0.2, 0) is 24.5 Å². The van der Waals surface area contributed by atoms with E-state index in [0.29, 0.717) is 32.2 Å². The molecule has 0 amide bonds. The predicted molar refractivity (Wildman–Crippen MR) is 120 cm³/mol. The van der Waals surface area contributed by atoms with Crippen LogP contribution in [0.1, 0.15) is 35.4 Å². The second-order valence-corrected chi connectivity index (χ2v) is 7.01. The van der Waals surface area contributed by atoms with Gasteiger partial charge in [-0.3, -0.25) is 4.68 Å². The Balaban J connectivity index is 0.00000320. The third kappa shape index (κ3) is 5.87. The first-order chi connectivity index (χ1) is 13.8. The lowest BCUT2D eigenvalue weighted by molar-refractivity contribution is -0.142. The van der Waals surface area contributed by atoms with E-state index in [4.69, 9.17) is 4.74 Å². The summed E-state index contributed by atoms with van der Waals surface area (Å²) < 4.78 is 46.7. The number of nitrogens with zero attached hydrogens (tertiary/aromatic N) is 4. The minimum Gasteiger partial charge on any atom is -0.370 e. The van der Waals surface area contributed by atoms with E-state index < -0.39 is 11.9 Å². The summed E-state index contributed by atoms with van der Waals surface area (Å²) in [6.45, 7) is 6.20. The van der Waals surface area contributed by atoms with Gasteiger partial charge in [0.1, 0.15) is 6.10 Å². The Morgan fingerprint density at radius 2 is 2.07 bits per heavy atom. The summed E-state index contributed by atoms with van der Waals surface area (Å²) in [6.07, 6.45) is -3.25. The predicted octanol–water partition coefficient (Wildman–Crippen LogP) is 3.90. The van der Waals surface area contributed by atoms with Gasteiger partial charge in [-0.05, 0) is 25.0 Å². The van der Waals surface area contributed by atoms with Gasteiger partial charge in [0.05, 0.1) is 19.7 Å². The van der Waals surface area contributed by atoms with Crippen molar-refractivity contribution in [1.82, 2.24) is 20.0 Å². The first-order valence-corrected chi connectivity index (χ1v) is 9.59. The van der Waals surface area contributed by atoms with Gasteiger partial charge in [0, 0.05) is 31.9 Å². The largest absolute Gasteiger partial charge is 0.435 e. The molecule has 1 aromatic carbocycles. The normalized spacial score (nSPS) is 17.6. The maximum atomic E-state index is 13.2. The lowest BCUT2D eigenvalue weighted by Gasteiger charge is -2.35. The minimum atomic E-state index is -4.50. The number of nitrogens with one attached hydrogen (secondary N) is 1. The second-order valence-electron chi connectivity index (χ2n) is 7.01. The number of benzene rings is 1. The van der Waals surface area contributed by atoms with Gasteiger partial charge in [0.2, 0.25) is 0 Å². The summed E-state index contributed by atoms with van der Waals surface area (Å²) in [4.78, 5) is 6.50. The molecule has 0 bridgehead atoms. The lowest BCUT2D eigenvalue weighted by Crippen LogP contribution is -2.48. The summed E-state index contributed by atoms with van der Waals surface area (Å²) in [5.74, 6) is 0.575. The van der Waals surface area contributed by atoms with Crippen molar-refractivity contribution in [2.45, 2.75) is 32.7 Å². The van der Waals surface area contributed by atoms with Crippen molar-refractivity contribution in [3.63, 3.8) is 0 Å². The van der Waals surface area contributed by atoms with Gasteiger partial charge in [-0.25, -0.2) is 4.99 Å². The molecule has 1 N–H and O–H groups in total. The number of aromatic nitrogens is 2. The number of guanidine groups is 1. The Kier molecular flexibility index (Phi) is 8.53. The van der Waals surface area contributed by atoms with Crippen molar-refractivity contribution >= 4 is 29.9 Å². The van der Waals surface area contributed by atoms with Crippen molar-refractivity contribution in [2.75, 3.05) is 26.2 Å².